The van der Waals surface area contributed by atoms with E-state index in [4.69, 9.17) is 0 Å². The molecule has 8 nitrogen and oxygen atoms in total. The van der Waals surface area contributed by atoms with E-state index in [1.54, 1.807) is 0 Å². The molecule has 0 aliphatic rings. The predicted octanol–water partition coefficient (Wildman–Crippen LogP) is 0.932. The van der Waals surface area contributed by atoms with E-state index in [0.717, 1.165) is 0 Å². The molecule has 3 N–H and O–H groups in total. The fourth-order valence-corrected chi connectivity index (χ4v) is 4.97. The first-order chi connectivity index (χ1) is 11.5. The molecule has 0 radical (unpaired) electrons. The van der Waals surface area contributed by atoms with E-state index < -0.39 is 35.4 Å². The number of nitrogens with one attached hydrogen (secondary N) is 2. The number of sulfonamides is 2. The molecule has 0 atom stereocenters. The molecule has 0 amide bonds. The van der Waals surface area contributed by atoms with Crippen LogP contribution in [0.4, 0.5) is 5.69 Å². The Bertz CT molecular complexity index is 937. The fourth-order valence-electron chi connectivity index (χ4n) is 1.87. The van der Waals surface area contributed by atoms with Crippen LogP contribution in [0.1, 0.15) is 13.8 Å². The van der Waals surface area contributed by atoms with Gasteiger partial charge in [0.25, 0.3) is 10.0 Å². The summed E-state index contributed by atoms with van der Waals surface area (Å²) in [6.45, 7) is 2.60. The highest BCUT2D eigenvalue weighted by atomic mass is 32.2. The number of hydrogen-bond donors (Lipinski definition) is 3. The molecule has 2 aromatic rings. The smallest absolute Gasteiger partial charge is 0.263 e. The first-order valence-corrected chi connectivity index (χ1v) is 10.2. The third-order valence-electron chi connectivity index (χ3n) is 3.06. The Morgan fingerprint density at radius 1 is 0.960 bits per heavy atom. The number of benzene rings is 1. The van der Waals surface area contributed by atoms with E-state index in [0.29, 0.717) is 0 Å². The first-order valence-electron chi connectivity index (χ1n) is 7.25. The minimum atomic E-state index is -4.14. The largest absolute Gasteiger partial charge is 0.389 e. The molecular weight excluding hydrogens is 366 g/mol. The van der Waals surface area contributed by atoms with Gasteiger partial charge in [-0.15, -0.1) is 0 Å². The third-order valence-corrected chi connectivity index (χ3v) is 6.08. The van der Waals surface area contributed by atoms with Gasteiger partial charge in [-0.3, -0.25) is 9.71 Å². The molecule has 1 aromatic heterocycles. The Morgan fingerprint density at radius 2 is 1.48 bits per heavy atom. The van der Waals surface area contributed by atoms with Gasteiger partial charge in [0.2, 0.25) is 10.0 Å². The molecule has 0 saturated heterocycles. The normalized spacial score (nSPS) is 12.8. The minimum absolute atomic E-state index is 0.256. The maximum atomic E-state index is 12.6. The summed E-state index contributed by atoms with van der Waals surface area (Å²) >= 11 is 0. The summed E-state index contributed by atoms with van der Waals surface area (Å²) in [6, 6.07) is 8.12. The molecule has 0 aliphatic carbocycles. The quantitative estimate of drug-likeness (QED) is 0.651. The van der Waals surface area contributed by atoms with Gasteiger partial charge < -0.3 is 5.11 Å². The Balaban J connectivity index is 2.40. The van der Waals surface area contributed by atoms with Gasteiger partial charge in [0, 0.05) is 18.9 Å². The lowest BCUT2D eigenvalue weighted by Crippen LogP contribution is -2.38. The molecule has 0 fully saturated rings. The predicted molar refractivity (Wildman–Crippen MR) is 93.0 cm³/mol. The van der Waals surface area contributed by atoms with Crippen LogP contribution in [0.15, 0.2) is 58.6 Å². The van der Waals surface area contributed by atoms with E-state index in [1.807, 2.05) is 0 Å². The number of pyridine rings is 1. The summed E-state index contributed by atoms with van der Waals surface area (Å²) in [4.78, 5) is 2.99. The second-order valence-electron chi connectivity index (χ2n) is 5.93. The second-order valence-corrected chi connectivity index (χ2v) is 9.31. The van der Waals surface area contributed by atoms with Crippen molar-refractivity contribution in [2.45, 2.75) is 29.2 Å². The van der Waals surface area contributed by atoms with E-state index >= 15 is 0 Å². The molecule has 0 saturated carbocycles. The van der Waals surface area contributed by atoms with Crippen molar-refractivity contribution in [1.29, 1.82) is 0 Å². The molecule has 1 heterocycles. The summed E-state index contributed by atoms with van der Waals surface area (Å²) < 4.78 is 54.7. The molecular formula is C15H19N3O5S2. The number of aromatic nitrogens is 1. The molecule has 0 aliphatic heterocycles. The Labute approximate surface area is 147 Å². The van der Waals surface area contributed by atoms with Gasteiger partial charge in [0.1, 0.15) is 9.79 Å². The Kier molecular flexibility index (Phi) is 5.47. The molecule has 0 spiro atoms. The summed E-state index contributed by atoms with van der Waals surface area (Å²) in [5.74, 6) is 0. The summed E-state index contributed by atoms with van der Waals surface area (Å²) in [6.07, 6.45) is 2.82. The highest BCUT2D eigenvalue weighted by Gasteiger charge is 2.27. The summed E-state index contributed by atoms with van der Waals surface area (Å²) in [7, 11) is -8.28. The van der Waals surface area contributed by atoms with Crippen molar-refractivity contribution in [3.63, 3.8) is 0 Å². The number of aliphatic hydroxyl groups is 1. The highest BCUT2D eigenvalue weighted by molar-refractivity contribution is 7.94. The van der Waals surface area contributed by atoms with Gasteiger partial charge in [-0.1, -0.05) is 12.1 Å². The second kappa shape index (κ2) is 7.08. The number of rotatable bonds is 7. The van der Waals surface area contributed by atoms with Crippen LogP contribution in [0.25, 0.3) is 0 Å². The zero-order valence-electron chi connectivity index (χ0n) is 13.7. The topological polar surface area (TPSA) is 125 Å². The number of nitrogens with zero attached hydrogens (tertiary/aromatic N) is 1. The van der Waals surface area contributed by atoms with E-state index in [2.05, 4.69) is 14.4 Å². The highest BCUT2D eigenvalue weighted by Crippen LogP contribution is 2.23. The van der Waals surface area contributed by atoms with Gasteiger partial charge in [-0.05, 0) is 38.1 Å². The van der Waals surface area contributed by atoms with Crippen molar-refractivity contribution in [1.82, 2.24) is 9.71 Å². The maximum absolute atomic E-state index is 12.6. The van der Waals surface area contributed by atoms with Crippen molar-refractivity contribution >= 4 is 25.7 Å². The van der Waals surface area contributed by atoms with Gasteiger partial charge in [0.05, 0.1) is 11.3 Å². The van der Waals surface area contributed by atoms with E-state index in [-0.39, 0.29) is 12.2 Å². The number of hydrogen-bond acceptors (Lipinski definition) is 6. The van der Waals surface area contributed by atoms with Crippen LogP contribution >= 0.6 is 0 Å². The van der Waals surface area contributed by atoms with Gasteiger partial charge in [-0.25, -0.2) is 21.6 Å². The lowest BCUT2D eigenvalue weighted by atomic mass is 10.1. The van der Waals surface area contributed by atoms with Gasteiger partial charge in [0.15, 0.2) is 0 Å². The molecule has 25 heavy (non-hydrogen) atoms. The molecule has 10 heteroatoms. The van der Waals surface area contributed by atoms with E-state index in [1.165, 1.54) is 62.6 Å². The molecule has 2 rings (SSSR count). The first kappa shape index (κ1) is 19.3. The van der Waals surface area contributed by atoms with Crippen LogP contribution in [0.5, 0.6) is 0 Å². The summed E-state index contributed by atoms with van der Waals surface area (Å²) in [5, 5.41) is 9.69. The SMILES string of the molecule is CC(C)(O)CNS(=O)(=O)c1ccccc1S(=O)(=O)Nc1ccncc1. The van der Waals surface area contributed by atoms with Crippen LogP contribution in [0.3, 0.4) is 0 Å². The van der Waals surface area contributed by atoms with Crippen LogP contribution in [0.2, 0.25) is 0 Å². The van der Waals surface area contributed by atoms with Crippen molar-refractivity contribution in [2.24, 2.45) is 0 Å². The fraction of sp³-hybridized carbons (Fsp3) is 0.267. The van der Waals surface area contributed by atoms with Gasteiger partial charge >= 0.3 is 0 Å². The molecule has 0 unspecified atom stereocenters. The molecule has 0 bridgehead atoms. The van der Waals surface area contributed by atoms with Crippen molar-refractivity contribution < 1.29 is 21.9 Å². The monoisotopic (exact) mass is 385 g/mol. The lowest BCUT2D eigenvalue weighted by Gasteiger charge is -2.19. The zero-order chi connectivity index (χ0) is 18.7. The van der Waals surface area contributed by atoms with Crippen LogP contribution in [-0.2, 0) is 20.0 Å². The molecule has 136 valence electrons. The maximum Gasteiger partial charge on any atom is 0.263 e. The van der Waals surface area contributed by atoms with Crippen molar-refractivity contribution in [2.75, 3.05) is 11.3 Å². The third kappa shape index (κ3) is 5.23. The van der Waals surface area contributed by atoms with Gasteiger partial charge in [-0.2, -0.15) is 0 Å². The summed E-state index contributed by atoms with van der Waals surface area (Å²) in [5.41, 5.74) is -1.03. The van der Waals surface area contributed by atoms with Crippen LogP contribution in [0, 0.1) is 0 Å². The standard InChI is InChI=1S/C15H19N3O5S2/c1-15(2,19)11-17-24(20,21)13-5-3-4-6-14(13)25(22,23)18-12-7-9-16-10-8-12/h3-10,17,19H,11H2,1-2H3,(H,16,18). The lowest BCUT2D eigenvalue weighted by molar-refractivity contribution is 0.0857. The minimum Gasteiger partial charge on any atom is -0.389 e. The Morgan fingerprint density at radius 3 is 2.00 bits per heavy atom. The van der Waals surface area contributed by atoms with Crippen LogP contribution in [-0.4, -0.2) is 39.1 Å². The average Bonchev–Trinajstić information content (AvgIpc) is 2.53. The zero-order valence-corrected chi connectivity index (χ0v) is 15.3. The number of anilines is 1. The van der Waals surface area contributed by atoms with Crippen molar-refractivity contribution in [3.05, 3.63) is 48.8 Å². The van der Waals surface area contributed by atoms with Crippen molar-refractivity contribution in [3.8, 4) is 0 Å². The van der Waals surface area contributed by atoms with E-state index in [9.17, 15) is 21.9 Å². The molecule has 1 aromatic carbocycles. The Hall–Kier alpha value is -2.01. The van der Waals surface area contributed by atoms with Crippen LogP contribution < -0.4 is 9.44 Å². The average molecular weight is 385 g/mol.